The van der Waals surface area contributed by atoms with E-state index in [1.807, 2.05) is 12.1 Å². The molecule has 0 radical (unpaired) electrons. The molecular formula is C27H24FN3O4. The molecule has 0 bridgehead atoms. The van der Waals surface area contributed by atoms with Gasteiger partial charge in [0.2, 0.25) is 5.91 Å². The van der Waals surface area contributed by atoms with Gasteiger partial charge in [0.25, 0.3) is 5.91 Å². The van der Waals surface area contributed by atoms with Crippen molar-refractivity contribution in [2.75, 3.05) is 5.32 Å². The number of hydrogen-bond donors (Lipinski definition) is 3. The molecule has 7 nitrogen and oxygen atoms in total. The summed E-state index contributed by atoms with van der Waals surface area (Å²) in [5.74, 6) is 5.18. The molecule has 0 fully saturated rings. The number of anilines is 1. The van der Waals surface area contributed by atoms with Crippen LogP contribution in [0.25, 0.3) is 0 Å². The molecule has 2 amide bonds. The normalized spacial score (nSPS) is 15.1. The molecule has 8 heteroatoms. The Morgan fingerprint density at radius 1 is 1.17 bits per heavy atom. The molecule has 3 N–H and O–H groups in total. The van der Waals surface area contributed by atoms with Gasteiger partial charge in [-0.2, -0.15) is 0 Å². The maximum Gasteiger partial charge on any atom is 0.270 e. The van der Waals surface area contributed by atoms with E-state index in [1.54, 1.807) is 26.0 Å². The fourth-order valence-electron chi connectivity index (χ4n) is 3.47. The van der Waals surface area contributed by atoms with Crippen molar-refractivity contribution in [3.63, 3.8) is 0 Å². The molecular weight excluding hydrogens is 449 g/mol. The SMILES string of the molecule is CC(C)(O)C#Cc1ccc2c(c1)NC(=O)[C@H](NC(=O)c1cc(Oc3ccc(F)cc3)ccn1)CC2. The third-order valence-corrected chi connectivity index (χ3v) is 5.22. The minimum Gasteiger partial charge on any atom is -0.457 e. The lowest BCUT2D eigenvalue weighted by Crippen LogP contribution is -2.43. The summed E-state index contributed by atoms with van der Waals surface area (Å²) >= 11 is 0. The number of carbonyl (C=O) groups excluding carboxylic acids is 2. The smallest absolute Gasteiger partial charge is 0.270 e. The van der Waals surface area contributed by atoms with Gasteiger partial charge >= 0.3 is 0 Å². The van der Waals surface area contributed by atoms with Crippen molar-refractivity contribution in [3.8, 4) is 23.3 Å². The van der Waals surface area contributed by atoms with Crippen molar-refractivity contribution in [1.29, 1.82) is 0 Å². The van der Waals surface area contributed by atoms with E-state index in [4.69, 9.17) is 4.74 Å². The van der Waals surface area contributed by atoms with Gasteiger partial charge in [-0.05, 0) is 74.7 Å². The van der Waals surface area contributed by atoms with E-state index in [2.05, 4.69) is 27.5 Å². The standard InChI is InChI=1S/C27H24FN3O4/c1-27(2,34)13-11-17-3-4-18-5-10-22(25(32)31-23(18)15-17)30-26(33)24-16-21(12-14-29-24)35-20-8-6-19(28)7-9-20/h3-4,6-9,12,14-16,22,34H,5,10H2,1-2H3,(H,30,33)(H,31,32)/t22-/m1/s1. The lowest BCUT2D eigenvalue weighted by atomic mass is 10.0. The third kappa shape index (κ3) is 6.43. The van der Waals surface area contributed by atoms with E-state index in [0.29, 0.717) is 35.6 Å². The molecule has 178 valence electrons. The second-order valence-electron chi connectivity index (χ2n) is 8.67. The molecule has 1 atom stereocenters. The molecule has 1 aromatic heterocycles. The second-order valence-corrected chi connectivity index (χ2v) is 8.67. The van der Waals surface area contributed by atoms with Gasteiger partial charge in [0.05, 0.1) is 0 Å². The van der Waals surface area contributed by atoms with Gasteiger partial charge in [0.15, 0.2) is 0 Å². The molecule has 0 spiro atoms. The first-order chi connectivity index (χ1) is 16.7. The van der Waals surface area contributed by atoms with Gasteiger partial charge in [-0.1, -0.05) is 17.9 Å². The van der Waals surface area contributed by atoms with Crippen molar-refractivity contribution in [2.24, 2.45) is 0 Å². The molecule has 0 unspecified atom stereocenters. The maximum atomic E-state index is 13.1. The summed E-state index contributed by atoms with van der Waals surface area (Å²) in [5, 5.41) is 15.4. The minimum absolute atomic E-state index is 0.0864. The van der Waals surface area contributed by atoms with Crippen LogP contribution in [0.3, 0.4) is 0 Å². The molecule has 0 saturated carbocycles. The average molecular weight is 474 g/mol. The highest BCUT2D eigenvalue weighted by Crippen LogP contribution is 2.24. The Labute approximate surface area is 202 Å². The van der Waals surface area contributed by atoms with Gasteiger partial charge in [0, 0.05) is 23.5 Å². The number of aliphatic hydroxyl groups is 1. The molecule has 3 aromatic rings. The predicted octanol–water partition coefficient (Wildman–Crippen LogP) is 3.82. The van der Waals surface area contributed by atoms with Crippen molar-refractivity contribution in [2.45, 2.75) is 38.3 Å². The Kier molecular flexibility index (Phi) is 6.80. The molecule has 1 aliphatic heterocycles. The van der Waals surface area contributed by atoms with Crippen LogP contribution in [0.15, 0.2) is 60.8 Å². The predicted molar refractivity (Wildman–Crippen MR) is 129 cm³/mol. The molecule has 0 saturated heterocycles. The Morgan fingerprint density at radius 3 is 2.69 bits per heavy atom. The highest BCUT2D eigenvalue weighted by atomic mass is 19.1. The Hall–Kier alpha value is -4.22. The first-order valence-electron chi connectivity index (χ1n) is 11.1. The van der Waals surface area contributed by atoms with Crippen LogP contribution in [-0.4, -0.2) is 33.5 Å². The van der Waals surface area contributed by atoms with Crippen LogP contribution in [0.1, 0.15) is 41.9 Å². The molecule has 35 heavy (non-hydrogen) atoms. The average Bonchev–Trinajstić information content (AvgIpc) is 2.97. The van der Waals surface area contributed by atoms with Gasteiger partial charge in [-0.3, -0.25) is 14.6 Å². The summed E-state index contributed by atoms with van der Waals surface area (Å²) < 4.78 is 18.8. The quantitative estimate of drug-likeness (QED) is 0.500. The van der Waals surface area contributed by atoms with Gasteiger partial charge in [-0.15, -0.1) is 0 Å². The third-order valence-electron chi connectivity index (χ3n) is 5.22. The fourth-order valence-corrected chi connectivity index (χ4v) is 3.47. The zero-order valence-electron chi connectivity index (χ0n) is 19.3. The monoisotopic (exact) mass is 473 g/mol. The Morgan fingerprint density at radius 2 is 1.94 bits per heavy atom. The molecule has 2 aromatic carbocycles. The largest absolute Gasteiger partial charge is 0.457 e. The van der Waals surface area contributed by atoms with Crippen LogP contribution in [0, 0.1) is 17.7 Å². The second kappa shape index (κ2) is 9.95. The number of aromatic nitrogens is 1. The van der Waals surface area contributed by atoms with E-state index in [0.717, 1.165) is 5.56 Å². The number of carbonyl (C=O) groups is 2. The summed E-state index contributed by atoms with van der Waals surface area (Å²) in [5.41, 5.74) is 1.18. The van der Waals surface area contributed by atoms with Crippen LogP contribution in [0.4, 0.5) is 10.1 Å². The number of pyridine rings is 1. The first kappa shape index (κ1) is 23.9. The number of hydrogen-bond acceptors (Lipinski definition) is 5. The molecule has 4 rings (SSSR count). The minimum atomic E-state index is -1.12. The number of rotatable bonds is 4. The van der Waals surface area contributed by atoms with Crippen LogP contribution in [0.2, 0.25) is 0 Å². The summed E-state index contributed by atoms with van der Waals surface area (Å²) in [6.07, 6.45) is 2.40. The summed E-state index contributed by atoms with van der Waals surface area (Å²) in [6.45, 7) is 3.19. The Balaban J connectivity index is 1.44. The van der Waals surface area contributed by atoms with E-state index < -0.39 is 17.6 Å². The lowest BCUT2D eigenvalue weighted by Gasteiger charge is -2.15. The molecule has 0 aliphatic carbocycles. The van der Waals surface area contributed by atoms with Crippen LogP contribution in [-0.2, 0) is 11.2 Å². The zero-order chi connectivity index (χ0) is 25.0. The fraction of sp³-hybridized carbons (Fsp3) is 0.222. The van der Waals surface area contributed by atoms with Crippen LogP contribution >= 0.6 is 0 Å². The first-order valence-corrected chi connectivity index (χ1v) is 11.1. The number of nitrogens with one attached hydrogen (secondary N) is 2. The van der Waals surface area contributed by atoms with Crippen molar-refractivity contribution in [3.05, 3.63) is 83.4 Å². The van der Waals surface area contributed by atoms with E-state index in [-0.39, 0.29) is 17.4 Å². The number of halogens is 1. The maximum absolute atomic E-state index is 13.1. The number of nitrogens with zero attached hydrogens (tertiary/aromatic N) is 1. The summed E-state index contributed by atoms with van der Waals surface area (Å²) in [7, 11) is 0. The topological polar surface area (TPSA) is 101 Å². The van der Waals surface area contributed by atoms with Crippen molar-refractivity contribution < 1.29 is 23.8 Å². The van der Waals surface area contributed by atoms with Crippen LogP contribution in [0.5, 0.6) is 11.5 Å². The molecule has 1 aliphatic rings. The number of amides is 2. The summed E-state index contributed by atoms with van der Waals surface area (Å²) in [6, 6.07) is 13.2. The number of fused-ring (bicyclic) bond motifs is 1. The lowest BCUT2D eigenvalue weighted by molar-refractivity contribution is -0.118. The van der Waals surface area contributed by atoms with E-state index in [9.17, 15) is 19.1 Å². The Bertz CT molecular complexity index is 1320. The van der Waals surface area contributed by atoms with Crippen molar-refractivity contribution >= 4 is 17.5 Å². The van der Waals surface area contributed by atoms with E-state index in [1.165, 1.54) is 36.5 Å². The van der Waals surface area contributed by atoms with E-state index >= 15 is 0 Å². The highest BCUT2D eigenvalue weighted by Gasteiger charge is 2.26. The van der Waals surface area contributed by atoms with Gasteiger partial charge < -0.3 is 20.5 Å². The number of aryl methyl sites for hydroxylation is 1. The molecule has 2 heterocycles. The van der Waals surface area contributed by atoms with Crippen LogP contribution < -0.4 is 15.4 Å². The number of ether oxygens (including phenoxy) is 1. The highest BCUT2D eigenvalue weighted by molar-refractivity contribution is 6.01. The summed E-state index contributed by atoms with van der Waals surface area (Å²) in [4.78, 5) is 29.7. The van der Waals surface area contributed by atoms with Gasteiger partial charge in [0.1, 0.15) is 34.7 Å². The number of benzene rings is 2. The van der Waals surface area contributed by atoms with Crippen molar-refractivity contribution in [1.82, 2.24) is 10.3 Å². The zero-order valence-corrected chi connectivity index (χ0v) is 19.3. The van der Waals surface area contributed by atoms with Gasteiger partial charge in [-0.25, -0.2) is 4.39 Å².